The zero-order valence-corrected chi connectivity index (χ0v) is 18.7. The van der Waals surface area contributed by atoms with Crippen molar-refractivity contribution in [3.8, 4) is 11.4 Å². The van der Waals surface area contributed by atoms with Crippen LogP contribution in [-0.2, 0) is 6.42 Å². The van der Waals surface area contributed by atoms with Crippen molar-refractivity contribution in [2.45, 2.75) is 12.3 Å². The first kappa shape index (κ1) is 23.4. The number of benzene rings is 3. The quantitative estimate of drug-likeness (QED) is 0.227. The zero-order chi connectivity index (χ0) is 25.1. The van der Waals surface area contributed by atoms with Gasteiger partial charge >= 0.3 is 11.7 Å². The molecular formula is C25H22FN5O4. The monoisotopic (exact) mass is 475 g/mol. The van der Waals surface area contributed by atoms with Crippen molar-refractivity contribution < 1.29 is 19.0 Å². The lowest BCUT2D eigenvalue weighted by atomic mass is 9.90. The molecular weight excluding hydrogens is 453 g/mol. The van der Waals surface area contributed by atoms with Gasteiger partial charge in [0.25, 0.3) is 0 Å². The Morgan fingerprint density at radius 2 is 1.91 bits per heavy atom. The fourth-order valence-corrected chi connectivity index (χ4v) is 3.83. The molecule has 1 unspecified atom stereocenters. The van der Waals surface area contributed by atoms with Crippen LogP contribution in [0.15, 0.2) is 71.5 Å². The van der Waals surface area contributed by atoms with Gasteiger partial charge in [-0.3, -0.25) is 10.4 Å². The Hall–Kier alpha value is -4.73. The topological polar surface area (TPSA) is 147 Å². The SMILES string of the molecule is COc1ccc(C(Cc2ccc(C(=N)N)cc2)c2nn(-c3ccccc3C(=O)O)c(=O)[nH]2)c(F)c1. The molecule has 0 bridgehead atoms. The smallest absolute Gasteiger partial charge is 0.348 e. The molecule has 0 fully saturated rings. The molecule has 1 atom stereocenters. The van der Waals surface area contributed by atoms with Gasteiger partial charge in [0.15, 0.2) is 0 Å². The molecule has 10 heteroatoms. The molecule has 9 nitrogen and oxygen atoms in total. The lowest BCUT2D eigenvalue weighted by Crippen LogP contribution is -2.18. The van der Waals surface area contributed by atoms with E-state index in [-0.39, 0.29) is 34.9 Å². The maximum atomic E-state index is 15.1. The number of aromatic nitrogens is 3. The number of ether oxygens (including phenoxy) is 1. The summed E-state index contributed by atoms with van der Waals surface area (Å²) < 4.78 is 21.2. The van der Waals surface area contributed by atoms with Crippen LogP contribution in [0.1, 0.15) is 38.8 Å². The number of amidine groups is 1. The number of carboxylic acid groups (broad SMARTS) is 1. The molecule has 1 aromatic heterocycles. The average molecular weight is 475 g/mol. The van der Waals surface area contributed by atoms with Crippen molar-refractivity contribution in [1.29, 1.82) is 5.41 Å². The van der Waals surface area contributed by atoms with Crippen LogP contribution in [0.5, 0.6) is 5.75 Å². The molecule has 3 aromatic carbocycles. The third-order valence-corrected chi connectivity index (χ3v) is 5.62. The molecule has 178 valence electrons. The highest BCUT2D eigenvalue weighted by Crippen LogP contribution is 2.30. The second-order valence-electron chi connectivity index (χ2n) is 7.80. The molecule has 0 aliphatic carbocycles. The zero-order valence-electron chi connectivity index (χ0n) is 18.7. The number of rotatable bonds is 8. The maximum Gasteiger partial charge on any atom is 0.348 e. The largest absolute Gasteiger partial charge is 0.497 e. The van der Waals surface area contributed by atoms with Gasteiger partial charge in [-0.15, -0.1) is 5.10 Å². The van der Waals surface area contributed by atoms with Crippen LogP contribution in [0.3, 0.4) is 0 Å². The highest BCUT2D eigenvalue weighted by molar-refractivity contribution is 5.94. The van der Waals surface area contributed by atoms with E-state index < -0.39 is 23.4 Å². The van der Waals surface area contributed by atoms with E-state index in [9.17, 15) is 14.7 Å². The molecule has 0 radical (unpaired) electrons. The van der Waals surface area contributed by atoms with Crippen molar-refractivity contribution in [1.82, 2.24) is 14.8 Å². The lowest BCUT2D eigenvalue weighted by molar-refractivity contribution is 0.0696. The summed E-state index contributed by atoms with van der Waals surface area (Å²) in [6.45, 7) is 0. The summed E-state index contributed by atoms with van der Waals surface area (Å²) in [4.78, 5) is 27.1. The van der Waals surface area contributed by atoms with Gasteiger partial charge in [-0.2, -0.15) is 4.68 Å². The molecule has 35 heavy (non-hydrogen) atoms. The number of nitrogens with two attached hydrogens (primary N) is 1. The molecule has 0 amide bonds. The molecule has 4 aromatic rings. The Morgan fingerprint density at radius 3 is 2.54 bits per heavy atom. The number of nitrogens with zero attached hydrogens (tertiary/aromatic N) is 2. The summed E-state index contributed by atoms with van der Waals surface area (Å²) in [6.07, 6.45) is 0.259. The number of halogens is 1. The fourth-order valence-electron chi connectivity index (χ4n) is 3.83. The number of aromatic carboxylic acids is 1. The predicted octanol–water partition coefficient (Wildman–Crippen LogP) is 3.07. The number of hydrogen-bond donors (Lipinski definition) is 4. The number of hydrogen-bond acceptors (Lipinski definition) is 5. The number of H-pyrrole nitrogens is 1. The number of para-hydroxylation sites is 1. The van der Waals surface area contributed by atoms with Crippen molar-refractivity contribution in [2.75, 3.05) is 7.11 Å². The number of nitrogen functional groups attached to an aromatic ring is 1. The maximum absolute atomic E-state index is 15.1. The molecule has 0 aliphatic rings. The molecule has 0 aliphatic heterocycles. The summed E-state index contributed by atoms with van der Waals surface area (Å²) in [7, 11) is 1.43. The summed E-state index contributed by atoms with van der Waals surface area (Å²) in [5.41, 5.74) is 6.48. The van der Waals surface area contributed by atoms with Crippen molar-refractivity contribution in [2.24, 2.45) is 5.73 Å². The summed E-state index contributed by atoms with van der Waals surface area (Å²) in [6, 6.07) is 17.3. The van der Waals surface area contributed by atoms with Gasteiger partial charge in [0, 0.05) is 11.6 Å². The van der Waals surface area contributed by atoms with E-state index in [2.05, 4.69) is 10.1 Å². The Kier molecular flexibility index (Phi) is 6.45. The van der Waals surface area contributed by atoms with Gasteiger partial charge in [0.1, 0.15) is 23.2 Å². The second-order valence-corrected chi connectivity index (χ2v) is 7.80. The van der Waals surface area contributed by atoms with Crippen LogP contribution in [0.25, 0.3) is 5.69 Å². The van der Waals surface area contributed by atoms with E-state index in [1.165, 1.54) is 25.3 Å². The minimum Gasteiger partial charge on any atom is -0.497 e. The molecule has 0 spiro atoms. The third kappa shape index (κ3) is 4.81. The Morgan fingerprint density at radius 1 is 1.20 bits per heavy atom. The molecule has 0 saturated heterocycles. The van der Waals surface area contributed by atoms with Crippen LogP contribution >= 0.6 is 0 Å². The van der Waals surface area contributed by atoms with E-state index in [1.807, 2.05) is 0 Å². The van der Waals surface area contributed by atoms with Gasteiger partial charge < -0.3 is 15.6 Å². The van der Waals surface area contributed by atoms with Gasteiger partial charge in [-0.05, 0) is 35.7 Å². The highest BCUT2D eigenvalue weighted by Gasteiger charge is 2.25. The Balaban J connectivity index is 1.82. The predicted molar refractivity (Wildman–Crippen MR) is 127 cm³/mol. The van der Waals surface area contributed by atoms with E-state index in [0.29, 0.717) is 11.3 Å². The average Bonchev–Trinajstić information content (AvgIpc) is 3.24. The molecule has 0 saturated carbocycles. The van der Waals surface area contributed by atoms with Crippen molar-refractivity contribution in [3.63, 3.8) is 0 Å². The standard InChI is InChI=1S/C25H22FN5O4/c1-35-16-10-11-17(20(26)13-16)19(12-14-6-8-15(9-7-14)22(27)28)23-29-25(34)31(30-23)21-5-3-2-4-18(21)24(32)33/h2-11,13,19H,12H2,1H3,(H3,27,28)(H,32,33)(H,29,30,34). The van der Waals surface area contributed by atoms with E-state index >= 15 is 4.39 Å². The first-order valence-corrected chi connectivity index (χ1v) is 10.6. The van der Waals surface area contributed by atoms with Crippen LogP contribution in [0.2, 0.25) is 0 Å². The van der Waals surface area contributed by atoms with E-state index in [1.54, 1.807) is 48.5 Å². The number of carboxylic acids is 1. The van der Waals surface area contributed by atoms with Gasteiger partial charge in [-0.25, -0.2) is 14.0 Å². The van der Waals surface area contributed by atoms with Crippen LogP contribution in [0, 0.1) is 11.2 Å². The summed E-state index contributed by atoms with van der Waals surface area (Å²) in [5.74, 6) is -2.04. The minimum atomic E-state index is -1.21. The van der Waals surface area contributed by atoms with E-state index in [0.717, 1.165) is 10.2 Å². The van der Waals surface area contributed by atoms with Gasteiger partial charge in [0.2, 0.25) is 0 Å². The normalized spacial score (nSPS) is 11.7. The lowest BCUT2D eigenvalue weighted by Gasteiger charge is -2.17. The number of carbonyl (C=O) groups is 1. The van der Waals surface area contributed by atoms with Crippen LogP contribution in [-0.4, -0.2) is 38.8 Å². The fraction of sp³-hybridized carbons (Fsp3) is 0.120. The molecule has 1 heterocycles. The number of nitrogens with one attached hydrogen (secondary N) is 2. The number of methoxy groups -OCH3 is 1. The van der Waals surface area contributed by atoms with Crippen molar-refractivity contribution >= 4 is 11.8 Å². The van der Waals surface area contributed by atoms with Gasteiger partial charge in [0.05, 0.1) is 24.3 Å². The van der Waals surface area contributed by atoms with E-state index in [4.69, 9.17) is 15.9 Å². The summed E-state index contributed by atoms with van der Waals surface area (Å²) >= 11 is 0. The van der Waals surface area contributed by atoms with Crippen LogP contribution < -0.4 is 16.2 Å². The molecule has 5 N–H and O–H groups in total. The van der Waals surface area contributed by atoms with Gasteiger partial charge in [-0.1, -0.05) is 42.5 Å². The van der Waals surface area contributed by atoms with Crippen LogP contribution in [0.4, 0.5) is 4.39 Å². The van der Waals surface area contributed by atoms with Crippen molar-refractivity contribution in [3.05, 3.63) is 111 Å². The molecule has 4 rings (SSSR count). The minimum absolute atomic E-state index is 0.0746. The Labute approximate surface area is 199 Å². The summed E-state index contributed by atoms with van der Waals surface area (Å²) in [5, 5.41) is 21.4. The Bertz CT molecular complexity index is 1460. The highest BCUT2D eigenvalue weighted by atomic mass is 19.1. The first-order chi connectivity index (χ1) is 16.8. The third-order valence-electron chi connectivity index (χ3n) is 5.62. The first-order valence-electron chi connectivity index (χ1n) is 10.6. The number of aromatic amines is 1. The second kappa shape index (κ2) is 9.64.